The Kier molecular flexibility index (Phi) is 10.3. The monoisotopic (exact) mass is 525 g/mol. The van der Waals surface area contributed by atoms with Crippen LogP contribution in [0, 0.1) is 0 Å². The van der Waals surface area contributed by atoms with Crippen molar-refractivity contribution in [2.75, 3.05) is 20.2 Å². The fraction of sp³-hybridized carbons (Fsp3) is 0.483. The summed E-state index contributed by atoms with van der Waals surface area (Å²) in [6, 6.07) is 9.93. The molecule has 0 radical (unpaired) electrons. The highest BCUT2D eigenvalue weighted by molar-refractivity contribution is 7.12. The molecule has 1 aromatic heterocycles. The molecule has 8 heteroatoms. The number of hydrogen-bond acceptors (Lipinski definition) is 5. The van der Waals surface area contributed by atoms with Crippen LogP contribution in [0.3, 0.4) is 0 Å². The smallest absolute Gasteiger partial charge is 0.261 e. The molecule has 0 unspecified atom stereocenters. The second-order valence-electron chi connectivity index (χ2n) is 10.0. The zero-order valence-electron chi connectivity index (χ0n) is 22.3. The Morgan fingerprint density at radius 2 is 1.97 bits per heavy atom. The van der Waals surface area contributed by atoms with Gasteiger partial charge in [-0.25, -0.2) is 0 Å². The van der Waals surface area contributed by atoms with E-state index in [1.165, 1.54) is 23.3 Å². The molecule has 0 bridgehead atoms. The topological polar surface area (TPSA) is 87.7 Å². The second kappa shape index (κ2) is 13.4. The number of benzene rings is 1. The average Bonchev–Trinajstić information content (AvgIpc) is 3.45. The normalized spacial score (nSPS) is 14.3. The Hall–Kier alpha value is -3.13. The molecule has 0 spiro atoms. The predicted octanol–water partition coefficient (Wildman–Crippen LogP) is 5.25. The highest BCUT2D eigenvalue weighted by Crippen LogP contribution is 2.28. The zero-order chi connectivity index (χ0) is 26.8. The lowest BCUT2D eigenvalue weighted by Gasteiger charge is -2.35. The molecule has 37 heavy (non-hydrogen) atoms. The largest absolute Gasteiger partial charge is 0.497 e. The van der Waals surface area contributed by atoms with Crippen molar-refractivity contribution >= 4 is 29.1 Å². The molecule has 1 aliphatic carbocycles. The van der Waals surface area contributed by atoms with E-state index in [2.05, 4.69) is 16.7 Å². The maximum atomic E-state index is 13.8. The lowest BCUT2D eigenvalue weighted by Crippen LogP contribution is -2.52. The molecule has 0 saturated carbocycles. The van der Waals surface area contributed by atoms with Crippen molar-refractivity contribution in [1.29, 1.82) is 0 Å². The van der Waals surface area contributed by atoms with E-state index in [1.807, 2.05) is 44.4 Å². The van der Waals surface area contributed by atoms with Gasteiger partial charge in [0.05, 0.1) is 18.5 Å². The number of nitrogens with zero attached hydrogens (tertiary/aromatic N) is 1. The highest BCUT2D eigenvalue weighted by atomic mass is 32.1. The van der Waals surface area contributed by atoms with E-state index in [4.69, 9.17) is 4.74 Å². The van der Waals surface area contributed by atoms with E-state index >= 15 is 0 Å². The van der Waals surface area contributed by atoms with Gasteiger partial charge in [-0.2, -0.15) is 0 Å². The van der Waals surface area contributed by atoms with Gasteiger partial charge >= 0.3 is 0 Å². The van der Waals surface area contributed by atoms with E-state index in [0.29, 0.717) is 29.2 Å². The summed E-state index contributed by atoms with van der Waals surface area (Å²) in [5.41, 5.74) is 1.53. The van der Waals surface area contributed by atoms with Gasteiger partial charge in [-0.3, -0.25) is 14.4 Å². The van der Waals surface area contributed by atoms with Crippen molar-refractivity contribution in [2.45, 2.75) is 70.9 Å². The first-order valence-corrected chi connectivity index (χ1v) is 13.9. The van der Waals surface area contributed by atoms with Crippen LogP contribution in [0.4, 0.5) is 0 Å². The third-order valence-corrected chi connectivity index (χ3v) is 7.71. The van der Waals surface area contributed by atoms with Crippen LogP contribution in [0.25, 0.3) is 0 Å². The summed E-state index contributed by atoms with van der Waals surface area (Å²) in [5.74, 6) is -0.250. The van der Waals surface area contributed by atoms with Gasteiger partial charge in [-0.15, -0.1) is 11.3 Å². The van der Waals surface area contributed by atoms with Gasteiger partial charge < -0.3 is 20.3 Å². The minimum Gasteiger partial charge on any atom is -0.497 e. The van der Waals surface area contributed by atoms with Crippen LogP contribution < -0.4 is 15.4 Å². The summed E-state index contributed by atoms with van der Waals surface area (Å²) >= 11 is 1.32. The molecule has 3 rings (SSSR count). The third kappa shape index (κ3) is 8.18. The van der Waals surface area contributed by atoms with E-state index in [1.54, 1.807) is 30.2 Å². The molecule has 200 valence electrons. The number of nitrogens with one attached hydrogen (secondary N) is 2. The number of amides is 3. The van der Waals surface area contributed by atoms with Crippen molar-refractivity contribution in [2.24, 2.45) is 0 Å². The molecule has 0 fully saturated rings. The molecule has 1 aromatic carbocycles. The zero-order valence-corrected chi connectivity index (χ0v) is 23.2. The van der Waals surface area contributed by atoms with Crippen molar-refractivity contribution in [1.82, 2.24) is 15.5 Å². The van der Waals surface area contributed by atoms with Gasteiger partial charge in [0.15, 0.2) is 0 Å². The van der Waals surface area contributed by atoms with Crippen LogP contribution in [0.1, 0.15) is 80.6 Å². The van der Waals surface area contributed by atoms with Crippen LogP contribution in [0.2, 0.25) is 0 Å². The van der Waals surface area contributed by atoms with E-state index in [9.17, 15) is 14.4 Å². The highest BCUT2D eigenvalue weighted by Gasteiger charge is 2.34. The molecular formula is C29H39N3O4S. The first-order chi connectivity index (χ1) is 17.7. The predicted molar refractivity (Wildman–Crippen MR) is 148 cm³/mol. The average molecular weight is 526 g/mol. The second-order valence-corrected chi connectivity index (χ2v) is 11.0. The van der Waals surface area contributed by atoms with Crippen LogP contribution in [-0.2, 0) is 9.59 Å². The third-order valence-electron chi connectivity index (χ3n) is 6.84. The summed E-state index contributed by atoms with van der Waals surface area (Å²) in [4.78, 5) is 42.2. The maximum Gasteiger partial charge on any atom is 0.261 e. The number of carbonyl (C=O) groups excluding carboxylic acids is 3. The first-order valence-electron chi connectivity index (χ1n) is 13.0. The summed E-state index contributed by atoms with van der Waals surface area (Å²) in [5, 5.41) is 7.69. The lowest BCUT2D eigenvalue weighted by molar-refractivity contribution is -0.140. The van der Waals surface area contributed by atoms with E-state index < -0.39 is 11.6 Å². The van der Waals surface area contributed by atoms with Crippen molar-refractivity contribution < 1.29 is 19.1 Å². The van der Waals surface area contributed by atoms with E-state index in [0.717, 1.165) is 25.7 Å². The SMILES string of the molecule is CCC(C)(C)NC(=O)[C@H](c1cccc(OC)c1)N(CCC1=CCCCC1)C(=O)CNC(=O)c1cccs1. The summed E-state index contributed by atoms with van der Waals surface area (Å²) in [7, 11) is 1.58. The standard InChI is InChI=1S/C29H39N3O4S/c1-5-29(2,3)31-28(35)26(22-13-9-14-23(19-22)36-4)32(17-16-21-11-7-6-8-12-21)25(33)20-30-27(34)24-15-10-18-37-24/h9-11,13-15,18-19,26H,5-8,12,16-17,20H2,1-4H3,(H,30,34)(H,31,35)/t26-/m0/s1. The fourth-order valence-electron chi connectivity index (χ4n) is 4.32. The minimum absolute atomic E-state index is 0.194. The van der Waals surface area contributed by atoms with Crippen LogP contribution in [0.5, 0.6) is 5.75 Å². The number of carbonyl (C=O) groups is 3. The molecule has 3 amide bonds. The van der Waals surface area contributed by atoms with Gasteiger partial charge in [-0.05, 0) is 81.5 Å². The molecule has 7 nitrogen and oxygen atoms in total. The molecule has 1 heterocycles. The quantitative estimate of drug-likeness (QED) is 0.371. The first kappa shape index (κ1) is 28.4. The lowest BCUT2D eigenvalue weighted by atomic mass is 9.95. The Morgan fingerprint density at radius 3 is 2.62 bits per heavy atom. The Labute approximate surface area is 224 Å². The number of hydrogen-bond donors (Lipinski definition) is 2. The minimum atomic E-state index is -0.865. The van der Waals surface area contributed by atoms with Gasteiger partial charge in [0.25, 0.3) is 5.91 Å². The Morgan fingerprint density at radius 1 is 1.16 bits per heavy atom. The Bertz CT molecular complexity index is 1090. The molecule has 0 aliphatic heterocycles. The molecule has 1 atom stereocenters. The number of methoxy groups -OCH3 is 1. The summed E-state index contributed by atoms with van der Waals surface area (Å²) in [6.07, 6.45) is 8.06. The number of allylic oxidation sites excluding steroid dienone is 1. The van der Waals surface area contributed by atoms with Crippen LogP contribution in [-0.4, -0.2) is 48.4 Å². The molecule has 1 aliphatic rings. The number of rotatable bonds is 12. The van der Waals surface area contributed by atoms with Crippen molar-refractivity contribution in [3.05, 3.63) is 63.9 Å². The molecule has 2 N–H and O–H groups in total. The van der Waals surface area contributed by atoms with Crippen LogP contribution in [0.15, 0.2) is 53.4 Å². The molecule has 0 saturated heterocycles. The van der Waals surface area contributed by atoms with Gasteiger partial charge in [-0.1, -0.05) is 36.8 Å². The summed E-state index contributed by atoms with van der Waals surface area (Å²) in [6.45, 7) is 6.13. The molecular weight excluding hydrogens is 486 g/mol. The maximum absolute atomic E-state index is 13.8. The molecule has 2 aromatic rings. The van der Waals surface area contributed by atoms with Gasteiger partial charge in [0.2, 0.25) is 11.8 Å². The van der Waals surface area contributed by atoms with Crippen LogP contribution >= 0.6 is 11.3 Å². The Balaban J connectivity index is 1.92. The van der Waals surface area contributed by atoms with Gasteiger partial charge in [0, 0.05) is 12.1 Å². The van der Waals surface area contributed by atoms with Crippen molar-refractivity contribution in [3.8, 4) is 5.75 Å². The summed E-state index contributed by atoms with van der Waals surface area (Å²) < 4.78 is 5.42. The van der Waals surface area contributed by atoms with Gasteiger partial charge in [0.1, 0.15) is 11.8 Å². The fourth-order valence-corrected chi connectivity index (χ4v) is 4.96. The van der Waals surface area contributed by atoms with E-state index in [-0.39, 0.29) is 24.3 Å². The number of ether oxygens (including phenoxy) is 1. The van der Waals surface area contributed by atoms with Crippen molar-refractivity contribution in [3.63, 3.8) is 0 Å². The number of thiophene rings is 1.